The van der Waals surface area contributed by atoms with Crippen LogP contribution in [0.25, 0.3) is 6.08 Å². The van der Waals surface area contributed by atoms with Crippen LogP contribution in [0.4, 0.5) is 0 Å². The number of rotatable bonds is 6. The third-order valence-corrected chi connectivity index (χ3v) is 7.49. The summed E-state index contributed by atoms with van der Waals surface area (Å²) in [6.45, 7) is 5.71. The maximum absolute atomic E-state index is 4.48. The molecule has 2 aliphatic carbocycles. The van der Waals surface area contributed by atoms with Crippen LogP contribution in [0.5, 0.6) is 0 Å². The molecule has 1 unspecified atom stereocenters. The van der Waals surface area contributed by atoms with Crippen molar-refractivity contribution in [3.05, 3.63) is 47.7 Å². The molecule has 0 aromatic heterocycles. The Labute approximate surface area is 164 Å². The van der Waals surface area contributed by atoms with E-state index in [-0.39, 0.29) is 7.43 Å². The first-order valence-corrected chi connectivity index (χ1v) is 11.2. The van der Waals surface area contributed by atoms with Crippen molar-refractivity contribution in [3.8, 4) is 0 Å². The van der Waals surface area contributed by atoms with E-state index in [1.54, 1.807) is 5.56 Å². The number of likely N-dealkylation sites (tertiary alicyclic amines) is 1. The number of fused-ring (bicyclic) bond motifs is 1. The molecule has 4 rings (SSSR count). The highest BCUT2D eigenvalue weighted by Gasteiger charge is 2.27. The third kappa shape index (κ3) is 4.39. The molecule has 1 aromatic carbocycles. The van der Waals surface area contributed by atoms with Gasteiger partial charge in [0, 0.05) is 28.9 Å². The van der Waals surface area contributed by atoms with Gasteiger partial charge < -0.3 is 4.90 Å². The van der Waals surface area contributed by atoms with Crippen LogP contribution in [-0.4, -0.2) is 23.2 Å². The normalized spacial score (nSPS) is 22.3. The van der Waals surface area contributed by atoms with Crippen molar-refractivity contribution in [1.29, 1.82) is 0 Å². The topological polar surface area (TPSA) is 3.24 Å². The zero-order valence-corrected chi connectivity index (χ0v) is 16.2. The first-order valence-electron chi connectivity index (χ1n) is 10.2. The molecule has 1 nitrogen and oxygen atoms in total. The second-order valence-corrected chi connectivity index (χ2v) is 9.05. The number of hydrogen-bond donors (Lipinski definition) is 0. The van der Waals surface area contributed by atoms with E-state index in [4.69, 9.17) is 0 Å². The van der Waals surface area contributed by atoms with Crippen LogP contribution in [0.15, 0.2) is 41.4 Å². The van der Waals surface area contributed by atoms with Gasteiger partial charge in [0.05, 0.1) is 0 Å². The molecule has 2 heteroatoms. The molecule has 0 N–H and O–H groups in total. The first-order chi connectivity index (χ1) is 12.3. The highest BCUT2D eigenvalue weighted by Crippen LogP contribution is 2.36. The minimum atomic E-state index is 0. The highest BCUT2D eigenvalue weighted by atomic mass is 32.2. The maximum atomic E-state index is 4.48. The number of allylic oxidation sites excluding steroid dienone is 2. The van der Waals surface area contributed by atoms with E-state index in [9.17, 15) is 0 Å². The van der Waals surface area contributed by atoms with Gasteiger partial charge in [-0.1, -0.05) is 64.0 Å². The van der Waals surface area contributed by atoms with Crippen LogP contribution in [0.1, 0.15) is 69.9 Å². The van der Waals surface area contributed by atoms with Crippen molar-refractivity contribution < 1.29 is 0 Å². The molecule has 1 aromatic rings. The largest absolute Gasteiger partial charge is 0.371 e. The predicted octanol–water partition coefficient (Wildman–Crippen LogP) is 6.93. The van der Waals surface area contributed by atoms with E-state index >= 15 is 0 Å². The summed E-state index contributed by atoms with van der Waals surface area (Å²) in [6, 6.07) is 7.51. The Balaban J connectivity index is 0.00000196. The molecule has 1 atom stereocenters. The van der Waals surface area contributed by atoms with E-state index in [2.05, 4.69) is 53.6 Å². The molecule has 2 fully saturated rings. The molecule has 1 saturated carbocycles. The molecule has 26 heavy (non-hydrogen) atoms. The third-order valence-electron chi connectivity index (χ3n) is 6.24. The fourth-order valence-corrected chi connectivity index (χ4v) is 6.14. The van der Waals surface area contributed by atoms with Crippen molar-refractivity contribution in [2.75, 3.05) is 12.3 Å². The van der Waals surface area contributed by atoms with Crippen molar-refractivity contribution in [2.24, 2.45) is 5.92 Å². The SMILES string of the molecule is C.C=C(CC1CCCC1)N1CCCC1CSc1cccc2c1CCC=C2. The lowest BCUT2D eigenvalue weighted by Gasteiger charge is -2.30. The van der Waals surface area contributed by atoms with E-state index < -0.39 is 0 Å². The van der Waals surface area contributed by atoms with Crippen molar-refractivity contribution in [2.45, 2.75) is 76.2 Å². The van der Waals surface area contributed by atoms with Crippen LogP contribution >= 0.6 is 11.8 Å². The van der Waals surface area contributed by atoms with Gasteiger partial charge >= 0.3 is 0 Å². The van der Waals surface area contributed by atoms with Gasteiger partial charge in [0.25, 0.3) is 0 Å². The molecule has 1 heterocycles. The minimum Gasteiger partial charge on any atom is -0.371 e. The average molecular weight is 370 g/mol. The lowest BCUT2D eigenvalue weighted by Crippen LogP contribution is -2.31. The average Bonchev–Trinajstić information content (AvgIpc) is 3.31. The lowest BCUT2D eigenvalue weighted by atomic mass is 9.98. The summed E-state index contributed by atoms with van der Waals surface area (Å²) < 4.78 is 0. The van der Waals surface area contributed by atoms with Gasteiger partial charge in [-0.15, -0.1) is 11.8 Å². The van der Waals surface area contributed by atoms with Crippen LogP contribution in [0.2, 0.25) is 0 Å². The zero-order chi connectivity index (χ0) is 17.1. The Morgan fingerprint density at radius 2 is 2.00 bits per heavy atom. The summed E-state index contributed by atoms with van der Waals surface area (Å²) in [4.78, 5) is 4.16. The molecular formula is C24H35NS. The monoisotopic (exact) mass is 369 g/mol. The molecule has 0 amide bonds. The Kier molecular flexibility index (Phi) is 6.92. The van der Waals surface area contributed by atoms with E-state index in [0.717, 1.165) is 5.92 Å². The van der Waals surface area contributed by atoms with E-state index in [0.29, 0.717) is 6.04 Å². The van der Waals surface area contributed by atoms with Gasteiger partial charge in [0.15, 0.2) is 0 Å². The van der Waals surface area contributed by atoms with Crippen LogP contribution in [0.3, 0.4) is 0 Å². The summed E-state index contributed by atoms with van der Waals surface area (Å²) in [7, 11) is 0. The van der Waals surface area contributed by atoms with Crippen molar-refractivity contribution >= 4 is 17.8 Å². The number of benzene rings is 1. The second kappa shape index (κ2) is 9.17. The highest BCUT2D eigenvalue weighted by molar-refractivity contribution is 7.99. The van der Waals surface area contributed by atoms with Crippen molar-refractivity contribution in [3.63, 3.8) is 0 Å². The lowest BCUT2D eigenvalue weighted by molar-refractivity contribution is 0.316. The van der Waals surface area contributed by atoms with Crippen molar-refractivity contribution in [1.82, 2.24) is 4.90 Å². The van der Waals surface area contributed by atoms with Gasteiger partial charge in [-0.25, -0.2) is 0 Å². The Hall–Kier alpha value is -1.15. The summed E-state index contributed by atoms with van der Waals surface area (Å²) in [5.41, 5.74) is 4.43. The molecule has 0 bridgehead atoms. The molecule has 1 saturated heterocycles. The first kappa shape index (κ1) is 19.6. The predicted molar refractivity (Wildman–Crippen MR) is 117 cm³/mol. The standard InChI is InChI=1S/C23H31NS.CH4/c1-18(16-19-8-2-3-9-19)24-15-7-12-21(24)17-25-23-14-6-11-20-10-4-5-13-22(20)23;/h4,6,10-11,14,19,21H,1-3,5,7-9,12-13,15-17H2;1H4. The number of nitrogens with zero attached hydrogens (tertiary/aromatic N) is 1. The van der Waals surface area contributed by atoms with Gasteiger partial charge in [0.1, 0.15) is 0 Å². The second-order valence-electron chi connectivity index (χ2n) is 7.99. The summed E-state index contributed by atoms with van der Waals surface area (Å²) in [5.74, 6) is 2.12. The minimum absolute atomic E-state index is 0. The quantitative estimate of drug-likeness (QED) is 0.500. The fourth-order valence-electron chi connectivity index (χ4n) is 4.86. The van der Waals surface area contributed by atoms with E-state index in [1.807, 2.05) is 0 Å². The molecular weight excluding hydrogens is 334 g/mol. The molecule has 0 radical (unpaired) electrons. The number of thioether (sulfide) groups is 1. The molecule has 0 spiro atoms. The summed E-state index contributed by atoms with van der Waals surface area (Å²) >= 11 is 2.08. The fraction of sp³-hybridized carbons (Fsp3) is 0.583. The van der Waals surface area contributed by atoms with Crippen LogP contribution in [0, 0.1) is 5.92 Å². The Morgan fingerprint density at radius 1 is 1.15 bits per heavy atom. The smallest absolute Gasteiger partial charge is 0.0381 e. The van der Waals surface area contributed by atoms with Gasteiger partial charge in [-0.05, 0) is 55.2 Å². The maximum Gasteiger partial charge on any atom is 0.0381 e. The molecule has 3 aliphatic rings. The van der Waals surface area contributed by atoms with Gasteiger partial charge in [-0.2, -0.15) is 0 Å². The van der Waals surface area contributed by atoms with Gasteiger partial charge in [-0.3, -0.25) is 0 Å². The molecule has 142 valence electrons. The Bertz CT molecular complexity index is 642. The molecule has 1 aliphatic heterocycles. The van der Waals surface area contributed by atoms with E-state index in [1.165, 1.54) is 86.2 Å². The summed E-state index contributed by atoms with van der Waals surface area (Å²) in [6.07, 6.45) is 16.6. The zero-order valence-electron chi connectivity index (χ0n) is 15.4. The van der Waals surface area contributed by atoms with Gasteiger partial charge in [0.2, 0.25) is 0 Å². The summed E-state index contributed by atoms with van der Waals surface area (Å²) in [5, 5.41) is 0. The number of hydrogen-bond acceptors (Lipinski definition) is 2. The Morgan fingerprint density at radius 3 is 2.85 bits per heavy atom. The van der Waals surface area contributed by atoms with Crippen LogP contribution in [-0.2, 0) is 6.42 Å². The van der Waals surface area contributed by atoms with Crippen LogP contribution < -0.4 is 0 Å².